The van der Waals surface area contributed by atoms with Crippen molar-refractivity contribution in [2.45, 2.75) is 33.2 Å². The van der Waals surface area contributed by atoms with E-state index < -0.39 is 0 Å². The van der Waals surface area contributed by atoms with E-state index in [0.29, 0.717) is 24.8 Å². The van der Waals surface area contributed by atoms with E-state index in [1.165, 1.54) is 0 Å². The lowest BCUT2D eigenvalue weighted by Gasteiger charge is -2.36. The normalized spacial score (nSPS) is 15.1. The van der Waals surface area contributed by atoms with Crippen molar-refractivity contribution in [3.05, 3.63) is 68.8 Å². The molecule has 0 radical (unpaired) electrons. The molecule has 0 bridgehead atoms. The van der Waals surface area contributed by atoms with E-state index in [4.69, 9.17) is 16.3 Å². The second-order valence-corrected chi connectivity index (χ2v) is 7.96. The van der Waals surface area contributed by atoms with Gasteiger partial charge in [-0.2, -0.15) is 0 Å². The number of halogens is 1. The summed E-state index contributed by atoms with van der Waals surface area (Å²) >= 11 is 6.12. The summed E-state index contributed by atoms with van der Waals surface area (Å²) in [6.45, 7) is 11.0. The van der Waals surface area contributed by atoms with Gasteiger partial charge in [0.05, 0.1) is 6.61 Å². The highest BCUT2D eigenvalue weighted by Crippen LogP contribution is 2.22. The van der Waals surface area contributed by atoms with Crippen LogP contribution in [0, 0.1) is 0 Å². The molecule has 1 fully saturated rings. The molecule has 1 aliphatic rings. The van der Waals surface area contributed by atoms with Crippen LogP contribution in [0.1, 0.15) is 37.8 Å². The van der Waals surface area contributed by atoms with Crippen molar-refractivity contribution in [2.75, 3.05) is 37.7 Å². The molecular weight excluding hydrogens is 372 g/mol. The topological polar surface area (TPSA) is 32.8 Å². The highest BCUT2D eigenvalue weighted by Gasteiger charge is 2.19. The maximum atomic E-state index is 13.0. The van der Waals surface area contributed by atoms with Gasteiger partial charge in [0.25, 0.3) is 0 Å². The maximum absolute atomic E-state index is 13.0. The van der Waals surface area contributed by atoms with Gasteiger partial charge in [-0.25, -0.2) is 0 Å². The van der Waals surface area contributed by atoms with Crippen LogP contribution in [0.15, 0.2) is 47.3 Å². The highest BCUT2D eigenvalue weighted by atomic mass is 35.5. The Balaban J connectivity index is 1.73. The summed E-state index contributed by atoms with van der Waals surface area (Å²) < 4.78 is 5.65. The van der Waals surface area contributed by atoms with Crippen LogP contribution in [0.5, 0.6) is 5.75 Å². The Morgan fingerprint density at radius 2 is 1.82 bits per heavy atom. The average Bonchev–Trinajstić information content (AvgIpc) is 2.83. The standard InChI is InChI=1S/C23H29ClN2O2/c1-4-28-22-14-18(17(2)3)8-9-19(23(22)27)16-25-10-12-26(13-11-25)21-7-5-6-20(24)15-21/h5-9,14-15,17H,4,10-13,16H2,1-3H3. The Hall–Kier alpha value is -2.04. The number of rotatable bonds is 6. The summed E-state index contributed by atoms with van der Waals surface area (Å²) in [5, 5.41) is 0.761. The van der Waals surface area contributed by atoms with E-state index >= 15 is 0 Å². The van der Waals surface area contributed by atoms with Crippen LogP contribution in [0.4, 0.5) is 5.69 Å². The molecule has 5 heteroatoms. The maximum Gasteiger partial charge on any atom is 0.224 e. The second kappa shape index (κ2) is 9.44. The van der Waals surface area contributed by atoms with Gasteiger partial charge in [-0.05, 0) is 42.7 Å². The van der Waals surface area contributed by atoms with E-state index in [2.05, 4.69) is 35.8 Å². The molecule has 1 heterocycles. The Labute approximate surface area is 172 Å². The minimum absolute atomic E-state index is 0.00557. The molecule has 3 rings (SSSR count). The predicted octanol–water partition coefficient (Wildman–Crippen LogP) is 4.54. The summed E-state index contributed by atoms with van der Waals surface area (Å²) in [4.78, 5) is 17.6. The lowest BCUT2D eigenvalue weighted by molar-refractivity contribution is 0.248. The van der Waals surface area contributed by atoms with Gasteiger partial charge in [-0.15, -0.1) is 0 Å². The molecule has 0 aromatic heterocycles. The SMILES string of the molecule is CCOc1cc(C(C)C)ccc(CN2CCN(c3cccc(Cl)c3)CC2)c1=O. The van der Waals surface area contributed by atoms with E-state index in [-0.39, 0.29) is 5.43 Å². The third-order valence-corrected chi connectivity index (χ3v) is 5.43. The molecule has 1 aliphatic heterocycles. The summed E-state index contributed by atoms with van der Waals surface area (Å²) in [7, 11) is 0. The fourth-order valence-corrected chi connectivity index (χ4v) is 3.70. The summed E-state index contributed by atoms with van der Waals surface area (Å²) in [6.07, 6.45) is 0. The third-order valence-electron chi connectivity index (χ3n) is 5.20. The highest BCUT2D eigenvalue weighted by molar-refractivity contribution is 6.30. The zero-order chi connectivity index (χ0) is 20.1. The van der Waals surface area contributed by atoms with Gasteiger partial charge >= 0.3 is 0 Å². The first-order valence-corrected chi connectivity index (χ1v) is 10.4. The van der Waals surface area contributed by atoms with Crippen LogP contribution >= 0.6 is 11.6 Å². The molecule has 150 valence electrons. The minimum Gasteiger partial charge on any atom is -0.490 e. The molecule has 0 amide bonds. The molecule has 0 saturated carbocycles. The number of hydrogen-bond acceptors (Lipinski definition) is 4. The molecule has 1 saturated heterocycles. The summed E-state index contributed by atoms with van der Waals surface area (Å²) in [5.74, 6) is 0.809. The number of nitrogens with zero attached hydrogens (tertiary/aromatic N) is 2. The van der Waals surface area contributed by atoms with Crippen molar-refractivity contribution in [3.63, 3.8) is 0 Å². The Morgan fingerprint density at radius 1 is 1.07 bits per heavy atom. The van der Waals surface area contributed by atoms with Crippen molar-refractivity contribution >= 4 is 17.3 Å². The smallest absolute Gasteiger partial charge is 0.224 e. The van der Waals surface area contributed by atoms with Gasteiger partial charge in [0.1, 0.15) is 0 Å². The van der Waals surface area contributed by atoms with Gasteiger partial charge < -0.3 is 9.64 Å². The van der Waals surface area contributed by atoms with E-state index in [0.717, 1.165) is 48.0 Å². The van der Waals surface area contributed by atoms with Crippen molar-refractivity contribution in [3.8, 4) is 5.75 Å². The van der Waals surface area contributed by atoms with Gasteiger partial charge in [0.2, 0.25) is 5.43 Å². The molecule has 2 aromatic carbocycles. The third kappa shape index (κ3) is 5.06. The quantitative estimate of drug-likeness (QED) is 0.712. The molecule has 2 aromatic rings. The fraction of sp³-hybridized carbons (Fsp3) is 0.435. The minimum atomic E-state index is 0.00557. The Morgan fingerprint density at radius 3 is 2.46 bits per heavy atom. The van der Waals surface area contributed by atoms with Crippen LogP contribution in [0.3, 0.4) is 0 Å². The summed E-state index contributed by atoms with van der Waals surface area (Å²) in [5.41, 5.74) is 3.08. The van der Waals surface area contributed by atoms with Crippen molar-refractivity contribution in [1.82, 2.24) is 4.90 Å². The predicted molar refractivity (Wildman–Crippen MR) is 117 cm³/mol. The Kier molecular flexibility index (Phi) is 6.97. The number of anilines is 1. The van der Waals surface area contributed by atoms with Crippen molar-refractivity contribution in [2.24, 2.45) is 0 Å². The molecule has 0 aliphatic carbocycles. The number of hydrogen-bond donors (Lipinski definition) is 0. The van der Waals surface area contributed by atoms with Crippen LogP contribution in [0.25, 0.3) is 0 Å². The zero-order valence-electron chi connectivity index (χ0n) is 17.0. The van der Waals surface area contributed by atoms with E-state index in [1.54, 1.807) is 0 Å². The molecular formula is C23H29ClN2O2. The molecule has 4 nitrogen and oxygen atoms in total. The number of piperazine rings is 1. The average molecular weight is 401 g/mol. The molecule has 0 atom stereocenters. The largest absolute Gasteiger partial charge is 0.490 e. The molecule has 28 heavy (non-hydrogen) atoms. The number of ether oxygens (including phenoxy) is 1. The first-order chi connectivity index (χ1) is 13.5. The van der Waals surface area contributed by atoms with Gasteiger partial charge in [-0.1, -0.05) is 43.6 Å². The van der Waals surface area contributed by atoms with E-state index in [1.807, 2.05) is 37.3 Å². The zero-order valence-corrected chi connectivity index (χ0v) is 17.7. The first kappa shape index (κ1) is 20.7. The molecule has 0 N–H and O–H groups in total. The van der Waals surface area contributed by atoms with Gasteiger partial charge in [0.15, 0.2) is 5.75 Å². The molecule has 0 spiro atoms. The second-order valence-electron chi connectivity index (χ2n) is 7.53. The lowest BCUT2D eigenvalue weighted by atomic mass is 10.1. The Bertz CT molecular complexity index is 861. The summed E-state index contributed by atoms with van der Waals surface area (Å²) in [6, 6.07) is 13.9. The van der Waals surface area contributed by atoms with E-state index in [9.17, 15) is 4.79 Å². The van der Waals surface area contributed by atoms with Gasteiger partial charge in [0, 0.05) is 49.0 Å². The number of benzene rings is 1. The monoisotopic (exact) mass is 400 g/mol. The van der Waals surface area contributed by atoms with Crippen molar-refractivity contribution in [1.29, 1.82) is 0 Å². The van der Waals surface area contributed by atoms with Crippen LogP contribution in [-0.4, -0.2) is 37.7 Å². The van der Waals surface area contributed by atoms with Crippen molar-refractivity contribution < 1.29 is 4.74 Å². The molecule has 0 unspecified atom stereocenters. The van der Waals surface area contributed by atoms with Crippen LogP contribution in [-0.2, 0) is 6.54 Å². The lowest BCUT2D eigenvalue weighted by Crippen LogP contribution is -2.46. The van der Waals surface area contributed by atoms with Crippen LogP contribution < -0.4 is 15.1 Å². The fourth-order valence-electron chi connectivity index (χ4n) is 3.52. The van der Waals surface area contributed by atoms with Crippen LogP contribution in [0.2, 0.25) is 5.02 Å². The van der Waals surface area contributed by atoms with Gasteiger partial charge in [-0.3, -0.25) is 9.69 Å². The first-order valence-electron chi connectivity index (χ1n) is 10.0.